The van der Waals surface area contributed by atoms with Gasteiger partial charge in [-0.15, -0.1) is 0 Å². The molecule has 1 heterocycles. The maximum atomic E-state index is 14.0. The molecular formula is C21H18F2N2O2. The molecule has 1 aromatic carbocycles. The predicted molar refractivity (Wildman–Crippen MR) is 97.2 cm³/mol. The molecule has 6 heteroatoms. The fourth-order valence-electron chi connectivity index (χ4n) is 3.04. The van der Waals surface area contributed by atoms with E-state index in [-0.39, 0.29) is 23.7 Å². The van der Waals surface area contributed by atoms with Gasteiger partial charge in [-0.05, 0) is 49.0 Å². The van der Waals surface area contributed by atoms with Gasteiger partial charge in [0.15, 0.2) is 11.5 Å². The minimum absolute atomic E-state index is 0.183. The van der Waals surface area contributed by atoms with Gasteiger partial charge in [-0.3, -0.25) is 0 Å². The number of carbonyl (C=O) groups excluding carboxylic acids is 1. The highest BCUT2D eigenvalue weighted by atomic mass is 19.1. The number of hydrogen-bond donors (Lipinski definition) is 0. The van der Waals surface area contributed by atoms with Gasteiger partial charge in [0.1, 0.15) is 18.7 Å². The van der Waals surface area contributed by atoms with Gasteiger partial charge in [0, 0.05) is 12.0 Å². The Balaban J connectivity index is 1.73. The van der Waals surface area contributed by atoms with Crippen LogP contribution in [0, 0.1) is 24.1 Å². The Labute approximate surface area is 156 Å². The third kappa shape index (κ3) is 4.56. The molecule has 138 valence electrons. The van der Waals surface area contributed by atoms with E-state index in [9.17, 15) is 13.6 Å². The lowest BCUT2D eigenvalue weighted by atomic mass is 9.86. The molecule has 4 nitrogen and oxygen atoms in total. The van der Waals surface area contributed by atoms with E-state index in [2.05, 4.69) is 9.83 Å². The molecule has 2 aromatic rings. The Morgan fingerprint density at radius 1 is 1.26 bits per heavy atom. The highest BCUT2D eigenvalue weighted by molar-refractivity contribution is 5.64. The van der Waals surface area contributed by atoms with Crippen LogP contribution in [0.4, 0.5) is 14.5 Å². The second-order valence-electron chi connectivity index (χ2n) is 6.43. The van der Waals surface area contributed by atoms with Gasteiger partial charge in [-0.2, -0.15) is 0 Å². The quantitative estimate of drug-likeness (QED) is 0.516. The summed E-state index contributed by atoms with van der Waals surface area (Å²) in [6.45, 7) is 6.69. The van der Waals surface area contributed by atoms with Crippen molar-refractivity contribution in [3.8, 4) is 5.88 Å². The highest BCUT2D eigenvalue weighted by Gasteiger charge is 2.17. The molecule has 3 rings (SSSR count). The molecule has 0 aliphatic heterocycles. The second-order valence-corrected chi connectivity index (χ2v) is 6.43. The van der Waals surface area contributed by atoms with E-state index in [0.717, 1.165) is 37.2 Å². The lowest BCUT2D eigenvalue weighted by Crippen LogP contribution is -2.08. The lowest BCUT2D eigenvalue weighted by molar-refractivity contribution is -0.108. The minimum Gasteiger partial charge on any atom is -0.471 e. The number of allylic oxidation sites excluding steroid dienone is 2. The summed E-state index contributed by atoms with van der Waals surface area (Å²) in [6, 6.07) is 6.93. The predicted octanol–water partition coefficient (Wildman–Crippen LogP) is 5.26. The van der Waals surface area contributed by atoms with Gasteiger partial charge in [0.25, 0.3) is 5.88 Å². The van der Waals surface area contributed by atoms with E-state index in [1.807, 2.05) is 6.08 Å². The van der Waals surface area contributed by atoms with Crippen molar-refractivity contribution in [2.75, 3.05) is 0 Å². The lowest BCUT2D eigenvalue weighted by Gasteiger charge is -2.20. The normalized spacial score (nSPS) is 16.3. The summed E-state index contributed by atoms with van der Waals surface area (Å²) in [4.78, 5) is 18.0. The van der Waals surface area contributed by atoms with Crippen molar-refractivity contribution in [1.29, 1.82) is 0 Å². The SMILES string of the molecule is [C-]#[N+]c1ccc(COc2nc(C3=CCC(CC=O)CC3)ccc2F)c(F)c1. The fourth-order valence-corrected chi connectivity index (χ4v) is 3.04. The molecule has 1 atom stereocenters. The molecule has 0 fully saturated rings. The summed E-state index contributed by atoms with van der Waals surface area (Å²) < 4.78 is 33.4. The number of aldehydes is 1. The van der Waals surface area contributed by atoms with E-state index in [4.69, 9.17) is 11.3 Å². The molecule has 27 heavy (non-hydrogen) atoms. The zero-order chi connectivity index (χ0) is 19.2. The number of rotatable bonds is 6. The van der Waals surface area contributed by atoms with Crippen molar-refractivity contribution in [3.05, 3.63) is 70.7 Å². The van der Waals surface area contributed by atoms with Crippen LogP contribution in [0.15, 0.2) is 36.4 Å². The molecule has 0 spiro atoms. The summed E-state index contributed by atoms with van der Waals surface area (Å²) in [7, 11) is 0. The maximum absolute atomic E-state index is 14.0. The number of pyridine rings is 1. The Morgan fingerprint density at radius 3 is 2.78 bits per heavy atom. The van der Waals surface area contributed by atoms with Crippen LogP contribution in [0.2, 0.25) is 0 Å². The summed E-state index contributed by atoms with van der Waals surface area (Å²) >= 11 is 0. The van der Waals surface area contributed by atoms with Crippen molar-refractivity contribution < 1.29 is 18.3 Å². The standard InChI is InChI=1S/C21H18F2N2O2/c1-24-17-7-6-16(19(23)12-17)13-27-21-18(22)8-9-20(25-21)15-4-2-14(3-5-15)10-11-26/h4,6-9,11-12,14H,2-3,5,10,13H2. The van der Waals surface area contributed by atoms with Crippen molar-refractivity contribution in [3.63, 3.8) is 0 Å². The first-order chi connectivity index (χ1) is 13.1. The van der Waals surface area contributed by atoms with Gasteiger partial charge in [0.2, 0.25) is 0 Å². The zero-order valence-electron chi connectivity index (χ0n) is 14.6. The average Bonchev–Trinajstić information content (AvgIpc) is 2.69. The van der Waals surface area contributed by atoms with E-state index in [1.54, 1.807) is 6.07 Å². The first-order valence-corrected chi connectivity index (χ1v) is 8.69. The first-order valence-electron chi connectivity index (χ1n) is 8.69. The van der Waals surface area contributed by atoms with Crippen LogP contribution in [0.3, 0.4) is 0 Å². The molecular weight excluding hydrogens is 350 g/mol. The van der Waals surface area contributed by atoms with E-state index in [1.165, 1.54) is 18.2 Å². The molecule has 0 N–H and O–H groups in total. The largest absolute Gasteiger partial charge is 0.471 e. The van der Waals surface area contributed by atoms with Gasteiger partial charge in [-0.1, -0.05) is 18.2 Å². The molecule has 1 aliphatic carbocycles. The Kier molecular flexibility index (Phi) is 5.92. The van der Waals surface area contributed by atoms with Crippen molar-refractivity contribution in [1.82, 2.24) is 4.98 Å². The van der Waals surface area contributed by atoms with Gasteiger partial charge in [0.05, 0.1) is 12.3 Å². The summed E-state index contributed by atoms with van der Waals surface area (Å²) in [5.41, 5.74) is 2.04. The third-order valence-corrected chi connectivity index (χ3v) is 4.62. The van der Waals surface area contributed by atoms with E-state index >= 15 is 0 Å². The molecule has 1 aliphatic rings. The van der Waals surface area contributed by atoms with Crippen LogP contribution in [0.1, 0.15) is 36.9 Å². The summed E-state index contributed by atoms with van der Waals surface area (Å²) in [5, 5.41) is 0. The van der Waals surface area contributed by atoms with Crippen LogP contribution in [-0.2, 0) is 11.4 Å². The molecule has 0 radical (unpaired) electrons. The summed E-state index contributed by atoms with van der Waals surface area (Å²) in [6.07, 6.45) is 5.97. The molecule has 0 saturated carbocycles. The van der Waals surface area contributed by atoms with Crippen LogP contribution in [0.5, 0.6) is 5.88 Å². The van der Waals surface area contributed by atoms with Crippen LogP contribution in [0.25, 0.3) is 10.4 Å². The number of aromatic nitrogens is 1. The number of hydrogen-bond acceptors (Lipinski definition) is 3. The van der Waals surface area contributed by atoms with Gasteiger partial charge >= 0.3 is 0 Å². The van der Waals surface area contributed by atoms with Gasteiger partial charge in [-0.25, -0.2) is 18.6 Å². The molecule has 0 saturated heterocycles. The topological polar surface area (TPSA) is 43.5 Å². The number of carbonyl (C=O) groups is 1. The zero-order valence-corrected chi connectivity index (χ0v) is 14.6. The van der Waals surface area contributed by atoms with Gasteiger partial charge < -0.3 is 9.53 Å². The number of nitrogens with zero attached hydrogens (tertiary/aromatic N) is 2. The van der Waals surface area contributed by atoms with E-state index in [0.29, 0.717) is 18.0 Å². The molecule has 1 unspecified atom stereocenters. The van der Waals surface area contributed by atoms with Crippen molar-refractivity contribution in [2.45, 2.75) is 32.3 Å². The monoisotopic (exact) mass is 368 g/mol. The Hall–Kier alpha value is -3.07. The molecule has 0 amide bonds. The van der Waals surface area contributed by atoms with Crippen molar-refractivity contribution in [2.24, 2.45) is 5.92 Å². The minimum atomic E-state index is -0.618. The smallest absolute Gasteiger partial charge is 0.251 e. The van der Waals surface area contributed by atoms with E-state index < -0.39 is 11.6 Å². The first kappa shape index (κ1) is 18.7. The fraction of sp³-hybridized carbons (Fsp3) is 0.286. The van der Waals surface area contributed by atoms with Crippen LogP contribution < -0.4 is 4.74 Å². The number of benzene rings is 1. The summed E-state index contributed by atoms with van der Waals surface area (Å²) in [5.74, 6) is -1.02. The number of halogens is 2. The molecule has 1 aromatic heterocycles. The Morgan fingerprint density at radius 2 is 2.11 bits per heavy atom. The second kappa shape index (κ2) is 8.54. The van der Waals surface area contributed by atoms with Crippen molar-refractivity contribution >= 4 is 17.5 Å². The Bertz CT molecular complexity index is 919. The average molecular weight is 368 g/mol. The van der Waals surface area contributed by atoms with Crippen LogP contribution in [-0.4, -0.2) is 11.3 Å². The third-order valence-electron chi connectivity index (χ3n) is 4.62. The van der Waals surface area contributed by atoms with Crippen LogP contribution >= 0.6 is 0 Å². The highest BCUT2D eigenvalue weighted by Crippen LogP contribution is 2.32. The maximum Gasteiger partial charge on any atom is 0.251 e. The molecule has 0 bridgehead atoms. The number of ether oxygens (including phenoxy) is 1.